The zero-order chi connectivity index (χ0) is 13.7. The number of ketones is 1. The van der Waals surface area contributed by atoms with E-state index in [2.05, 4.69) is 12.1 Å². The fraction of sp³-hybridized carbons (Fsp3) is 0.167. The fourth-order valence-corrected chi connectivity index (χ4v) is 2.13. The average Bonchev–Trinajstić information content (AvgIpc) is 2.49. The van der Waals surface area contributed by atoms with Crippen molar-refractivity contribution in [2.45, 2.75) is 20.3 Å². The Morgan fingerprint density at radius 1 is 0.947 bits per heavy atom. The molecule has 0 aliphatic heterocycles. The van der Waals surface area contributed by atoms with Crippen LogP contribution in [0.2, 0.25) is 0 Å². The van der Waals surface area contributed by atoms with Crippen LogP contribution >= 0.6 is 0 Å². The zero-order valence-electron chi connectivity index (χ0n) is 11.4. The molecule has 0 heterocycles. The lowest BCUT2D eigenvalue weighted by Gasteiger charge is -2.05. The first-order chi connectivity index (χ1) is 9.26. The summed E-state index contributed by atoms with van der Waals surface area (Å²) in [6.07, 6.45) is 2.67. The molecule has 0 radical (unpaired) electrons. The van der Waals surface area contributed by atoms with E-state index in [0.29, 0.717) is 0 Å². The van der Waals surface area contributed by atoms with Crippen LogP contribution in [0.3, 0.4) is 0 Å². The number of hydrogen-bond acceptors (Lipinski definition) is 1. The number of carbonyl (C=O) groups excluding carboxylic acids is 1. The van der Waals surface area contributed by atoms with Gasteiger partial charge in [0.2, 0.25) is 0 Å². The van der Waals surface area contributed by atoms with E-state index in [4.69, 9.17) is 0 Å². The normalized spacial score (nSPS) is 11.4. The third kappa shape index (κ3) is 3.00. The quantitative estimate of drug-likeness (QED) is 0.557. The Kier molecular flexibility index (Phi) is 4.30. The molecule has 1 nitrogen and oxygen atoms in total. The largest absolute Gasteiger partial charge is 0.289 e. The molecule has 2 rings (SSSR count). The van der Waals surface area contributed by atoms with Crippen molar-refractivity contribution in [3.05, 3.63) is 71.8 Å². The summed E-state index contributed by atoms with van der Waals surface area (Å²) >= 11 is 0. The maximum atomic E-state index is 12.2. The summed E-state index contributed by atoms with van der Waals surface area (Å²) in [5.74, 6) is 0.129. The zero-order valence-corrected chi connectivity index (χ0v) is 11.4. The van der Waals surface area contributed by atoms with E-state index in [-0.39, 0.29) is 5.78 Å². The van der Waals surface area contributed by atoms with Crippen LogP contribution < -0.4 is 0 Å². The Morgan fingerprint density at radius 2 is 1.53 bits per heavy atom. The molecule has 0 unspecified atom stereocenters. The van der Waals surface area contributed by atoms with Gasteiger partial charge in [-0.05, 0) is 30.0 Å². The molecule has 0 spiro atoms. The van der Waals surface area contributed by atoms with Crippen molar-refractivity contribution in [1.29, 1.82) is 0 Å². The molecule has 1 heteroatoms. The van der Waals surface area contributed by atoms with E-state index >= 15 is 0 Å². The van der Waals surface area contributed by atoms with Gasteiger partial charge in [0.1, 0.15) is 0 Å². The topological polar surface area (TPSA) is 17.1 Å². The highest BCUT2D eigenvalue weighted by Gasteiger charge is 2.09. The van der Waals surface area contributed by atoms with Crippen LogP contribution in [-0.2, 0) is 0 Å². The molecule has 2 aromatic rings. The molecule has 0 fully saturated rings. The van der Waals surface area contributed by atoms with Crippen molar-refractivity contribution in [3.8, 4) is 11.1 Å². The molecule has 2 aromatic carbocycles. The van der Waals surface area contributed by atoms with Crippen LogP contribution in [0.1, 0.15) is 30.6 Å². The van der Waals surface area contributed by atoms with E-state index in [0.717, 1.165) is 23.1 Å². The molecule has 0 aliphatic rings. The van der Waals surface area contributed by atoms with Crippen molar-refractivity contribution < 1.29 is 4.79 Å². The highest BCUT2D eigenvalue weighted by Crippen LogP contribution is 2.20. The summed E-state index contributed by atoms with van der Waals surface area (Å²) in [4.78, 5) is 12.2. The first-order valence-corrected chi connectivity index (χ1v) is 6.61. The molecule has 0 saturated heterocycles. The molecule has 0 aliphatic carbocycles. The lowest BCUT2D eigenvalue weighted by atomic mass is 9.98. The van der Waals surface area contributed by atoms with Crippen molar-refractivity contribution in [2.75, 3.05) is 0 Å². The molecule has 0 bridgehead atoms. The predicted octanol–water partition coefficient (Wildman–Crippen LogP) is 4.89. The monoisotopic (exact) mass is 250 g/mol. The summed E-state index contributed by atoms with van der Waals surface area (Å²) in [5, 5.41) is 0. The number of carbonyl (C=O) groups is 1. The van der Waals surface area contributed by atoms with E-state index in [1.807, 2.05) is 62.4 Å². The molecule has 0 aromatic heterocycles. The third-order valence-electron chi connectivity index (χ3n) is 3.28. The highest BCUT2D eigenvalue weighted by molar-refractivity contribution is 6.08. The van der Waals surface area contributed by atoms with Gasteiger partial charge in [-0.2, -0.15) is 0 Å². The van der Waals surface area contributed by atoms with Gasteiger partial charge < -0.3 is 0 Å². The number of benzene rings is 2. The first kappa shape index (κ1) is 13.3. The van der Waals surface area contributed by atoms with Crippen LogP contribution in [0.25, 0.3) is 11.1 Å². The molecule has 0 atom stereocenters. The lowest BCUT2D eigenvalue weighted by Crippen LogP contribution is -2.02. The van der Waals surface area contributed by atoms with Crippen LogP contribution in [0.5, 0.6) is 0 Å². The van der Waals surface area contributed by atoms with Crippen molar-refractivity contribution >= 4 is 5.78 Å². The SMILES string of the molecule is C/C=C(/CC)C(=O)c1ccc(-c2ccccc2)cc1. The Balaban J connectivity index is 2.27. The summed E-state index contributed by atoms with van der Waals surface area (Å²) in [5.41, 5.74) is 3.93. The number of rotatable bonds is 4. The van der Waals surface area contributed by atoms with E-state index in [1.165, 1.54) is 5.56 Å². The van der Waals surface area contributed by atoms with Crippen molar-refractivity contribution in [2.24, 2.45) is 0 Å². The summed E-state index contributed by atoms with van der Waals surface area (Å²) in [6.45, 7) is 3.92. The Labute approximate surface area is 114 Å². The fourth-order valence-electron chi connectivity index (χ4n) is 2.13. The second-order valence-electron chi connectivity index (χ2n) is 4.44. The number of hydrogen-bond donors (Lipinski definition) is 0. The standard InChI is InChI=1S/C18H18O/c1-3-14(4-2)18(19)17-12-10-16(11-13-17)15-8-6-5-7-9-15/h3,5-13H,4H2,1-2H3/b14-3-. The minimum atomic E-state index is 0.129. The van der Waals surface area contributed by atoms with E-state index in [9.17, 15) is 4.79 Å². The van der Waals surface area contributed by atoms with Gasteiger partial charge >= 0.3 is 0 Å². The van der Waals surface area contributed by atoms with Gasteiger partial charge in [0.15, 0.2) is 5.78 Å². The van der Waals surface area contributed by atoms with Gasteiger partial charge in [0.25, 0.3) is 0 Å². The summed E-state index contributed by atoms with van der Waals surface area (Å²) in [6, 6.07) is 18.0. The van der Waals surface area contributed by atoms with Crippen LogP contribution in [0.4, 0.5) is 0 Å². The highest BCUT2D eigenvalue weighted by atomic mass is 16.1. The van der Waals surface area contributed by atoms with Crippen LogP contribution in [0.15, 0.2) is 66.2 Å². The Bertz CT molecular complexity index is 577. The number of Topliss-reactive ketones (excluding diaryl/α,β-unsaturated/α-hetero) is 1. The second kappa shape index (κ2) is 6.14. The minimum absolute atomic E-state index is 0.129. The van der Waals surface area contributed by atoms with Crippen LogP contribution in [-0.4, -0.2) is 5.78 Å². The maximum absolute atomic E-state index is 12.2. The lowest BCUT2D eigenvalue weighted by molar-refractivity contribution is 0.103. The second-order valence-corrected chi connectivity index (χ2v) is 4.44. The molecule has 0 saturated carbocycles. The van der Waals surface area contributed by atoms with E-state index in [1.54, 1.807) is 0 Å². The predicted molar refractivity (Wildman–Crippen MR) is 80.3 cm³/mol. The molecular formula is C18H18O. The van der Waals surface area contributed by atoms with Crippen molar-refractivity contribution in [3.63, 3.8) is 0 Å². The van der Waals surface area contributed by atoms with Crippen LogP contribution in [0, 0.1) is 0 Å². The van der Waals surface area contributed by atoms with Gasteiger partial charge in [-0.1, -0.05) is 67.6 Å². The molecular weight excluding hydrogens is 232 g/mol. The maximum Gasteiger partial charge on any atom is 0.188 e. The Morgan fingerprint density at radius 3 is 2.05 bits per heavy atom. The van der Waals surface area contributed by atoms with Gasteiger partial charge in [0.05, 0.1) is 0 Å². The third-order valence-corrected chi connectivity index (χ3v) is 3.28. The molecule has 0 N–H and O–H groups in total. The Hall–Kier alpha value is -2.15. The van der Waals surface area contributed by atoms with Crippen molar-refractivity contribution in [1.82, 2.24) is 0 Å². The molecule has 19 heavy (non-hydrogen) atoms. The molecule has 96 valence electrons. The summed E-state index contributed by atoms with van der Waals surface area (Å²) in [7, 11) is 0. The average molecular weight is 250 g/mol. The van der Waals surface area contributed by atoms with Gasteiger partial charge in [-0.3, -0.25) is 4.79 Å². The smallest absolute Gasteiger partial charge is 0.188 e. The van der Waals surface area contributed by atoms with Gasteiger partial charge in [-0.15, -0.1) is 0 Å². The molecule has 0 amide bonds. The minimum Gasteiger partial charge on any atom is -0.289 e. The van der Waals surface area contributed by atoms with Gasteiger partial charge in [-0.25, -0.2) is 0 Å². The number of allylic oxidation sites excluding steroid dienone is 2. The van der Waals surface area contributed by atoms with Gasteiger partial charge in [0, 0.05) is 5.56 Å². The first-order valence-electron chi connectivity index (χ1n) is 6.61. The van der Waals surface area contributed by atoms with E-state index < -0.39 is 0 Å². The summed E-state index contributed by atoms with van der Waals surface area (Å²) < 4.78 is 0.